The highest BCUT2D eigenvalue weighted by Gasteiger charge is 2.15. The van der Waals surface area contributed by atoms with Gasteiger partial charge in [0.05, 0.1) is 12.2 Å². The lowest BCUT2D eigenvalue weighted by Gasteiger charge is -2.21. The van der Waals surface area contributed by atoms with Crippen molar-refractivity contribution < 1.29 is 19.0 Å². The number of amides is 1. The van der Waals surface area contributed by atoms with Crippen molar-refractivity contribution in [2.24, 2.45) is 0 Å². The number of ether oxygens (including phenoxy) is 3. The van der Waals surface area contributed by atoms with Crippen molar-refractivity contribution in [2.45, 2.75) is 19.7 Å². The van der Waals surface area contributed by atoms with Gasteiger partial charge >= 0.3 is 0 Å². The third kappa shape index (κ3) is 6.07. The van der Waals surface area contributed by atoms with Crippen molar-refractivity contribution in [3.05, 3.63) is 112 Å². The van der Waals surface area contributed by atoms with Crippen LogP contribution in [-0.4, -0.2) is 22.6 Å². The average molecular weight is 485 g/mol. The molecular formula is C28H24N2O4S. The third-order valence-corrected chi connectivity index (χ3v) is 6.28. The summed E-state index contributed by atoms with van der Waals surface area (Å²) in [6, 6.07) is 23.3. The lowest BCUT2D eigenvalue weighted by atomic mass is 10.2. The molecule has 0 aliphatic carbocycles. The average Bonchev–Trinajstić information content (AvgIpc) is 3.58. The second-order valence-corrected chi connectivity index (χ2v) is 8.97. The predicted octanol–water partition coefficient (Wildman–Crippen LogP) is 5.69. The molecule has 0 saturated carbocycles. The molecule has 0 unspecified atom stereocenters. The molecule has 35 heavy (non-hydrogen) atoms. The number of nitrogens with zero attached hydrogens (tertiary/aromatic N) is 2. The van der Waals surface area contributed by atoms with Crippen molar-refractivity contribution in [2.75, 3.05) is 6.79 Å². The fourth-order valence-electron chi connectivity index (χ4n) is 3.70. The molecular weight excluding hydrogens is 460 g/mol. The van der Waals surface area contributed by atoms with Crippen LogP contribution in [0.2, 0.25) is 0 Å². The van der Waals surface area contributed by atoms with Crippen LogP contribution in [-0.2, 0) is 24.5 Å². The molecule has 7 heteroatoms. The predicted molar refractivity (Wildman–Crippen MR) is 135 cm³/mol. The van der Waals surface area contributed by atoms with Crippen LogP contribution in [0.5, 0.6) is 17.2 Å². The largest absolute Gasteiger partial charge is 0.489 e. The van der Waals surface area contributed by atoms with E-state index in [-0.39, 0.29) is 12.7 Å². The molecule has 3 heterocycles. The van der Waals surface area contributed by atoms with Gasteiger partial charge in [-0.15, -0.1) is 11.3 Å². The molecule has 0 atom stereocenters. The van der Waals surface area contributed by atoms with E-state index in [2.05, 4.69) is 4.98 Å². The van der Waals surface area contributed by atoms with Crippen LogP contribution in [0, 0.1) is 0 Å². The molecule has 0 radical (unpaired) electrons. The van der Waals surface area contributed by atoms with Gasteiger partial charge in [-0.2, -0.15) is 0 Å². The van der Waals surface area contributed by atoms with Crippen molar-refractivity contribution in [3.8, 4) is 17.2 Å². The molecule has 176 valence electrons. The SMILES string of the molecule is O=C(/C=C/c1cccs1)N(Cc1cccc(OCc2ccc3c(c2)OCO3)c1)Cc1ccccn1. The van der Waals surface area contributed by atoms with E-state index in [0.717, 1.165) is 38.9 Å². The Bertz CT molecular complexity index is 1310. The Balaban J connectivity index is 1.28. The second kappa shape index (κ2) is 10.9. The van der Waals surface area contributed by atoms with Crippen molar-refractivity contribution in [3.63, 3.8) is 0 Å². The van der Waals surface area contributed by atoms with E-state index in [1.54, 1.807) is 28.5 Å². The summed E-state index contributed by atoms with van der Waals surface area (Å²) in [5.74, 6) is 2.15. The van der Waals surface area contributed by atoms with E-state index < -0.39 is 0 Å². The van der Waals surface area contributed by atoms with Gasteiger partial charge in [0, 0.05) is 23.7 Å². The quantitative estimate of drug-likeness (QED) is 0.286. The number of benzene rings is 2. The number of aromatic nitrogens is 1. The van der Waals surface area contributed by atoms with E-state index in [4.69, 9.17) is 14.2 Å². The number of fused-ring (bicyclic) bond motifs is 1. The number of rotatable bonds is 9. The van der Waals surface area contributed by atoms with Gasteiger partial charge in [-0.25, -0.2) is 0 Å². The molecule has 1 amide bonds. The Kier molecular flexibility index (Phi) is 7.05. The Morgan fingerprint density at radius 2 is 1.91 bits per heavy atom. The molecule has 0 spiro atoms. The first-order valence-electron chi connectivity index (χ1n) is 11.2. The van der Waals surface area contributed by atoms with Gasteiger partial charge in [-0.05, 0) is 65.0 Å². The number of hydrogen-bond acceptors (Lipinski definition) is 6. The van der Waals surface area contributed by atoms with Crippen LogP contribution in [0.3, 0.4) is 0 Å². The highest BCUT2D eigenvalue weighted by Crippen LogP contribution is 2.32. The molecule has 6 nitrogen and oxygen atoms in total. The minimum Gasteiger partial charge on any atom is -0.489 e. The third-order valence-electron chi connectivity index (χ3n) is 5.44. The summed E-state index contributed by atoms with van der Waals surface area (Å²) in [6.45, 7) is 1.50. The zero-order valence-electron chi connectivity index (χ0n) is 19.0. The summed E-state index contributed by atoms with van der Waals surface area (Å²) in [7, 11) is 0. The number of carbonyl (C=O) groups excluding carboxylic acids is 1. The van der Waals surface area contributed by atoms with Gasteiger partial charge < -0.3 is 19.1 Å². The minimum atomic E-state index is -0.0734. The van der Waals surface area contributed by atoms with Crippen LogP contribution >= 0.6 is 11.3 Å². The molecule has 2 aromatic heterocycles. The fourth-order valence-corrected chi connectivity index (χ4v) is 4.31. The minimum absolute atomic E-state index is 0.0734. The zero-order chi connectivity index (χ0) is 23.9. The summed E-state index contributed by atoms with van der Waals surface area (Å²) < 4.78 is 16.8. The monoisotopic (exact) mass is 484 g/mol. The maximum atomic E-state index is 13.1. The Labute approximate surface area is 208 Å². The van der Waals surface area contributed by atoms with Crippen molar-refractivity contribution in [1.29, 1.82) is 0 Å². The van der Waals surface area contributed by atoms with Gasteiger partial charge in [0.2, 0.25) is 12.7 Å². The fraction of sp³-hybridized carbons (Fsp3) is 0.143. The molecule has 5 rings (SSSR count). The Hall–Kier alpha value is -4.10. The summed E-state index contributed by atoms with van der Waals surface area (Å²) in [5, 5.41) is 1.99. The molecule has 0 bridgehead atoms. The molecule has 4 aromatic rings. The molecule has 0 saturated heterocycles. The normalized spacial score (nSPS) is 12.1. The Morgan fingerprint density at radius 1 is 0.971 bits per heavy atom. The topological polar surface area (TPSA) is 60.9 Å². The highest BCUT2D eigenvalue weighted by atomic mass is 32.1. The van der Waals surface area contributed by atoms with Gasteiger partial charge in [0.1, 0.15) is 12.4 Å². The van der Waals surface area contributed by atoms with Gasteiger partial charge in [-0.3, -0.25) is 9.78 Å². The van der Waals surface area contributed by atoms with Gasteiger partial charge in [0.15, 0.2) is 11.5 Å². The van der Waals surface area contributed by atoms with Crippen LogP contribution in [0.25, 0.3) is 6.08 Å². The van der Waals surface area contributed by atoms with E-state index in [1.807, 2.05) is 84.3 Å². The van der Waals surface area contributed by atoms with Crippen LogP contribution < -0.4 is 14.2 Å². The number of pyridine rings is 1. The molecule has 1 aliphatic rings. The van der Waals surface area contributed by atoms with Crippen LogP contribution in [0.15, 0.2) is 90.4 Å². The maximum absolute atomic E-state index is 13.1. The van der Waals surface area contributed by atoms with Crippen molar-refractivity contribution in [1.82, 2.24) is 9.88 Å². The standard InChI is InChI=1S/C28H24N2O4S/c31-28(12-10-25-8-4-14-35-25)30(18-23-6-1-2-13-29-23)17-21-5-3-7-24(15-21)32-19-22-9-11-26-27(16-22)34-20-33-26/h1-16H,17-20H2/b12-10+. The zero-order valence-corrected chi connectivity index (χ0v) is 19.8. The van der Waals surface area contributed by atoms with Crippen molar-refractivity contribution >= 4 is 23.3 Å². The summed E-state index contributed by atoms with van der Waals surface area (Å²) in [6.07, 6.45) is 5.21. The van der Waals surface area contributed by atoms with Gasteiger partial charge in [-0.1, -0.05) is 30.3 Å². The lowest BCUT2D eigenvalue weighted by molar-refractivity contribution is -0.127. The van der Waals surface area contributed by atoms with Gasteiger partial charge in [0.25, 0.3) is 0 Å². The first-order chi connectivity index (χ1) is 17.2. The molecule has 2 aromatic carbocycles. The smallest absolute Gasteiger partial charge is 0.247 e. The molecule has 1 aliphatic heterocycles. The summed E-state index contributed by atoms with van der Waals surface area (Å²) in [4.78, 5) is 20.3. The first-order valence-corrected chi connectivity index (χ1v) is 12.1. The Morgan fingerprint density at radius 3 is 2.77 bits per heavy atom. The maximum Gasteiger partial charge on any atom is 0.247 e. The summed E-state index contributed by atoms with van der Waals surface area (Å²) >= 11 is 1.60. The van der Waals surface area contributed by atoms with E-state index in [1.165, 1.54) is 0 Å². The van der Waals surface area contributed by atoms with Crippen LogP contribution in [0.4, 0.5) is 0 Å². The summed E-state index contributed by atoms with van der Waals surface area (Å²) in [5.41, 5.74) is 2.80. The second-order valence-electron chi connectivity index (χ2n) is 7.99. The van der Waals surface area contributed by atoms with E-state index in [9.17, 15) is 4.79 Å². The van der Waals surface area contributed by atoms with E-state index in [0.29, 0.717) is 19.7 Å². The first kappa shape index (κ1) is 22.7. The molecule has 0 fully saturated rings. The van der Waals surface area contributed by atoms with Crippen LogP contribution in [0.1, 0.15) is 21.7 Å². The number of carbonyl (C=O) groups is 1. The van der Waals surface area contributed by atoms with E-state index >= 15 is 0 Å². The number of hydrogen-bond donors (Lipinski definition) is 0. The highest BCUT2D eigenvalue weighted by molar-refractivity contribution is 7.10. The lowest BCUT2D eigenvalue weighted by Crippen LogP contribution is -2.28. The number of thiophene rings is 1. The molecule has 0 N–H and O–H groups in total.